The SMILES string of the molecule is CCOc1cccc(OC2CCOCC2)c1. The molecule has 0 bridgehead atoms. The third kappa shape index (κ3) is 3.14. The summed E-state index contributed by atoms with van der Waals surface area (Å²) in [6.07, 6.45) is 2.23. The number of hydrogen-bond acceptors (Lipinski definition) is 3. The Morgan fingerprint density at radius 3 is 2.75 bits per heavy atom. The average Bonchev–Trinajstić information content (AvgIpc) is 2.31. The van der Waals surface area contributed by atoms with Gasteiger partial charge in [-0.05, 0) is 19.1 Å². The number of hydrogen-bond donors (Lipinski definition) is 0. The van der Waals surface area contributed by atoms with Gasteiger partial charge in [-0.2, -0.15) is 0 Å². The summed E-state index contributed by atoms with van der Waals surface area (Å²) in [4.78, 5) is 0. The molecule has 0 aromatic heterocycles. The summed E-state index contributed by atoms with van der Waals surface area (Å²) in [5.41, 5.74) is 0. The molecule has 1 heterocycles. The van der Waals surface area contributed by atoms with Crippen molar-refractivity contribution in [2.45, 2.75) is 25.9 Å². The van der Waals surface area contributed by atoms with Gasteiger partial charge >= 0.3 is 0 Å². The van der Waals surface area contributed by atoms with E-state index in [1.807, 2.05) is 31.2 Å². The van der Waals surface area contributed by atoms with E-state index in [2.05, 4.69) is 0 Å². The summed E-state index contributed by atoms with van der Waals surface area (Å²) in [5, 5.41) is 0. The normalized spacial score (nSPS) is 17.1. The van der Waals surface area contributed by atoms with Crippen molar-refractivity contribution < 1.29 is 14.2 Å². The molecule has 88 valence electrons. The third-order valence-corrected chi connectivity index (χ3v) is 2.59. The highest BCUT2D eigenvalue weighted by molar-refractivity contribution is 5.33. The summed E-state index contributed by atoms with van der Waals surface area (Å²) < 4.78 is 16.6. The van der Waals surface area contributed by atoms with Gasteiger partial charge in [0.1, 0.15) is 17.6 Å². The maximum absolute atomic E-state index is 5.88. The molecule has 16 heavy (non-hydrogen) atoms. The van der Waals surface area contributed by atoms with Crippen LogP contribution >= 0.6 is 0 Å². The van der Waals surface area contributed by atoms with Crippen LogP contribution in [0, 0.1) is 0 Å². The fraction of sp³-hybridized carbons (Fsp3) is 0.538. The van der Waals surface area contributed by atoms with Gasteiger partial charge in [-0.25, -0.2) is 0 Å². The van der Waals surface area contributed by atoms with Crippen LogP contribution in [-0.4, -0.2) is 25.9 Å². The highest BCUT2D eigenvalue weighted by Crippen LogP contribution is 2.22. The molecule has 1 saturated heterocycles. The first-order chi connectivity index (χ1) is 7.88. The molecule has 1 aliphatic heterocycles. The Labute approximate surface area is 96.3 Å². The number of rotatable bonds is 4. The second-order valence-electron chi connectivity index (χ2n) is 3.84. The first kappa shape index (κ1) is 11.3. The van der Waals surface area contributed by atoms with Crippen molar-refractivity contribution in [1.29, 1.82) is 0 Å². The Hall–Kier alpha value is -1.22. The van der Waals surface area contributed by atoms with Crippen LogP contribution < -0.4 is 9.47 Å². The summed E-state index contributed by atoms with van der Waals surface area (Å²) in [6, 6.07) is 7.82. The van der Waals surface area contributed by atoms with Crippen molar-refractivity contribution in [2.24, 2.45) is 0 Å². The zero-order chi connectivity index (χ0) is 11.2. The Balaban J connectivity index is 1.94. The predicted molar refractivity (Wildman–Crippen MR) is 62.1 cm³/mol. The van der Waals surface area contributed by atoms with Gasteiger partial charge in [-0.3, -0.25) is 0 Å². The molecule has 0 amide bonds. The molecule has 0 saturated carbocycles. The highest BCUT2D eigenvalue weighted by Gasteiger charge is 2.15. The fourth-order valence-corrected chi connectivity index (χ4v) is 1.79. The molecule has 3 heteroatoms. The molecule has 0 unspecified atom stereocenters. The lowest BCUT2D eigenvalue weighted by atomic mass is 10.1. The third-order valence-electron chi connectivity index (χ3n) is 2.59. The molecule has 1 aromatic rings. The van der Waals surface area contributed by atoms with E-state index < -0.39 is 0 Å². The van der Waals surface area contributed by atoms with Gasteiger partial charge in [0, 0.05) is 18.9 Å². The van der Waals surface area contributed by atoms with Crippen LogP contribution in [-0.2, 0) is 4.74 Å². The second-order valence-corrected chi connectivity index (χ2v) is 3.84. The molecule has 0 atom stereocenters. The fourth-order valence-electron chi connectivity index (χ4n) is 1.79. The van der Waals surface area contributed by atoms with Gasteiger partial charge in [-0.15, -0.1) is 0 Å². The van der Waals surface area contributed by atoms with E-state index in [0.717, 1.165) is 37.6 Å². The van der Waals surface area contributed by atoms with E-state index in [4.69, 9.17) is 14.2 Å². The molecular formula is C13H18O3. The van der Waals surface area contributed by atoms with E-state index in [-0.39, 0.29) is 6.10 Å². The minimum absolute atomic E-state index is 0.283. The molecule has 3 nitrogen and oxygen atoms in total. The standard InChI is InChI=1S/C13H18O3/c1-2-15-12-4-3-5-13(10-12)16-11-6-8-14-9-7-11/h3-5,10-11H,2,6-9H2,1H3. The van der Waals surface area contributed by atoms with E-state index >= 15 is 0 Å². The van der Waals surface area contributed by atoms with Crippen molar-refractivity contribution in [3.63, 3.8) is 0 Å². The van der Waals surface area contributed by atoms with Crippen LogP contribution in [0.1, 0.15) is 19.8 Å². The summed E-state index contributed by atoms with van der Waals surface area (Å²) >= 11 is 0. The van der Waals surface area contributed by atoms with Crippen LogP contribution in [0.2, 0.25) is 0 Å². The van der Waals surface area contributed by atoms with Gasteiger partial charge in [0.05, 0.1) is 19.8 Å². The van der Waals surface area contributed by atoms with Crippen LogP contribution in [0.5, 0.6) is 11.5 Å². The summed E-state index contributed by atoms with van der Waals surface area (Å²) in [7, 11) is 0. The first-order valence-corrected chi connectivity index (χ1v) is 5.85. The Morgan fingerprint density at radius 1 is 1.25 bits per heavy atom. The van der Waals surface area contributed by atoms with Crippen LogP contribution in [0.15, 0.2) is 24.3 Å². The van der Waals surface area contributed by atoms with Crippen molar-refractivity contribution in [3.05, 3.63) is 24.3 Å². The van der Waals surface area contributed by atoms with Crippen LogP contribution in [0.3, 0.4) is 0 Å². The number of benzene rings is 1. The zero-order valence-electron chi connectivity index (χ0n) is 9.65. The minimum atomic E-state index is 0.283. The highest BCUT2D eigenvalue weighted by atomic mass is 16.5. The summed E-state index contributed by atoms with van der Waals surface area (Å²) in [6.45, 7) is 4.26. The van der Waals surface area contributed by atoms with E-state index in [0.29, 0.717) is 6.61 Å². The number of ether oxygens (including phenoxy) is 3. The first-order valence-electron chi connectivity index (χ1n) is 5.85. The van der Waals surface area contributed by atoms with Crippen molar-refractivity contribution >= 4 is 0 Å². The Kier molecular flexibility index (Phi) is 4.05. The second kappa shape index (κ2) is 5.75. The van der Waals surface area contributed by atoms with Crippen molar-refractivity contribution in [2.75, 3.05) is 19.8 Å². The molecule has 0 radical (unpaired) electrons. The largest absolute Gasteiger partial charge is 0.494 e. The molecule has 0 aliphatic carbocycles. The van der Waals surface area contributed by atoms with E-state index in [9.17, 15) is 0 Å². The monoisotopic (exact) mass is 222 g/mol. The molecule has 0 spiro atoms. The average molecular weight is 222 g/mol. The lowest BCUT2D eigenvalue weighted by Crippen LogP contribution is -2.25. The minimum Gasteiger partial charge on any atom is -0.494 e. The quantitative estimate of drug-likeness (QED) is 0.783. The van der Waals surface area contributed by atoms with Crippen molar-refractivity contribution in [3.8, 4) is 11.5 Å². The zero-order valence-corrected chi connectivity index (χ0v) is 9.65. The lowest BCUT2D eigenvalue weighted by Gasteiger charge is -2.23. The van der Waals surface area contributed by atoms with Gasteiger partial charge in [-0.1, -0.05) is 6.07 Å². The molecular weight excluding hydrogens is 204 g/mol. The van der Waals surface area contributed by atoms with Gasteiger partial charge in [0.2, 0.25) is 0 Å². The van der Waals surface area contributed by atoms with Crippen LogP contribution in [0.25, 0.3) is 0 Å². The van der Waals surface area contributed by atoms with Crippen LogP contribution in [0.4, 0.5) is 0 Å². The Morgan fingerprint density at radius 2 is 2.00 bits per heavy atom. The van der Waals surface area contributed by atoms with Gasteiger partial charge in [0.15, 0.2) is 0 Å². The van der Waals surface area contributed by atoms with Crippen molar-refractivity contribution in [1.82, 2.24) is 0 Å². The molecule has 1 fully saturated rings. The van der Waals surface area contributed by atoms with Gasteiger partial charge in [0.25, 0.3) is 0 Å². The summed E-state index contributed by atoms with van der Waals surface area (Å²) in [5.74, 6) is 1.75. The smallest absolute Gasteiger partial charge is 0.123 e. The molecule has 1 aromatic carbocycles. The molecule has 1 aliphatic rings. The predicted octanol–water partition coefficient (Wildman–Crippen LogP) is 2.64. The maximum Gasteiger partial charge on any atom is 0.123 e. The van der Waals surface area contributed by atoms with E-state index in [1.165, 1.54) is 0 Å². The van der Waals surface area contributed by atoms with E-state index in [1.54, 1.807) is 0 Å². The molecule has 0 N–H and O–H groups in total. The molecule has 2 rings (SSSR count). The maximum atomic E-state index is 5.88. The topological polar surface area (TPSA) is 27.7 Å². The lowest BCUT2D eigenvalue weighted by molar-refractivity contribution is 0.0255. The van der Waals surface area contributed by atoms with Gasteiger partial charge < -0.3 is 14.2 Å². The Bertz CT molecular complexity index is 319.